The Labute approximate surface area is 269 Å². The van der Waals surface area contributed by atoms with Crippen molar-refractivity contribution in [2.45, 2.75) is 50.4 Å². The number of imide groups is 1. The number of benzene rings is 2. The van der Waals surface area contributed by atoms with Crippen molar-refractivity contribution in [1.29, 1.82) is 0 Å². The van der Waals surface area contributed by atoms with E-state index >= 15 is 0 Å². The Bertz CT molecular complexity index is 1650. The van der Waals surface area contributed by atoms with Gasteiger partial charge >= 0.3 is 0 Å². The minimum Gasteiger partial charge on any atom is -0.496 e. The molecular formula is C31H34ClF2N7O5. The van der Waals surface area contributed by atoms with Crippen molar-refractivity contribution in [3.63, 3.8) is 0 Å². The molecule has 244 valence electrons. The van der Waals surface area contributed by atoms with Crippen molar-refractivity contribution < 1.29 is 32.6 Å². The summed E-state index contributed by atoms with van der Waals surface area (Å²) < 4.78 is 40.0. The summed E-state index contributed by atoms with van der Waals surface area (Å²) in [6, 6.07) is 2.86. The van der Waals surface area contributed by atoms with Gasteiger partial charge in [-0.05, 0) is 57.1 Å². The molecule has 1 fully saturated rings. The minimum absolute atomic E-state index is 0.0476. The van der Waals surface area contributed by atoms with Crippen molar-refractivity contribution in [2.24, 2.45) is 0 Å². The summed E-state index contributed by atoms with van der Waals surface area (Å²) in [7, 11) is 3.02. The van der Waals surface area contributed by atoms with E-state index in [1.54, 1.807) is 26.1 Å². The summed E-state index contributed by atoms with van der Waals surface area (Å²) in [6.45, 7) is 2.02. The summed E-state index contributed by atoms with van der Waals surface area (Å²) in [6.07, 6.45) is 6.94. The molecule has 5 N–H and O–H groups in total. The van der Waals surface area contributed by atoms with E-state index < -0.39 is 58.6 Å². The Hall–Kier alpha value is -4.42. The number of ether oxygens (including phenoxy) is 2. The molecule has 0 saturated carbocycles. The molecule has 1 aliphatic rings. The number of methoxy groups -OCH3 is 1. The van der Waals surface area contributed by atoms with Crippen LogP contribution in [-0.2, 0) is 25.5 Å². The number of carbonyl (C=O) groups excluding carboxylic acids is 3. The number of rotatable bonds is 13. The van der Waals surface area contributed by atoms with Crippen LogP contribution < -0.4 is 31.3 Å². The highest BCUT2D eigenvalue weighted by atomic mass is 35.5. The van der Waals surface area contributed by atoms with Crippen LogP contribution in [0.4, 0.5) is 20.3 Å². The van der Waals surface area contributed by atoms with Gasteiger partial charge in [0.2, 0.25) is 11.8 Å². The number of nitrogens with one attached hydrogen (secondary N) is 5. The van der Waals surface area contributed by atoms with Crippen molar-refractivity contribution in [3.8, 4) is 18.1 Å². The van der Waals surface area contributed by atoms with Crippen LogP contribution in [0, 0.1) is 24.0 Å². The number of fused-ring (bicyclic) bond motifs is 1. The van der Waals surface area contributed by atoms with Crippen LogP contribution in [0.2, 0.25) is 5.02 Å². The van der Waals surface area contributed by atoms with Gasteiger partial charge in [-0.1, -0.05) is 17.5 Å². The average molecular weight is 658 g/mol. The highest BCUT2D eigenvalue weighted by Crippen LogP contribution is 2.33. The molecule has 3 amide bonds. The second kappa shape index (κ2) is 15.7. The number of halogens is 3. The van der Waals surface area contributed by atoms with E-state index in [9.17, 15) is 23.2 Å². The van der Waals surface area contributed by atoms with Gasteiger partial charge in [-0.3, -0.25) is 19.7 Å². The quantitative estimate of drug-likeness (QED) is 0.137. The first kappa shape index (κ1) is 34.5. The van der Waals surface area contributed by atoms with Crippen LogP contribution in [0.3, 0.4) is 0 Å². The Morgan fingerprint density at radius 1 is 1.22 bits per heavy atom. The molecule has 0 unspecified atom stereocenters. The number of hydrogen-bond acceptors (Lipinski definition) is 10. The first-order chi connectivity index (χ1) is 22.1. The van der Waals surface area contributed by atoms with Crippen LogP contribution in [0.1, 0.15) is 25.3 Å². The molecule has 2 aromatic carbocycles. The van der Waals surface area contributed by atoms with Gasteiger partial charge in [0.25, 0.3) is 5.91 Å². The first-order valence-electron chi connectivity index (χ1n) is 14.4. The van der Waals surface area contributed by atoms with Crippen molar-refractivity contribution in [1.82, 2.24) is 31.2 Å². The molecule has 0 aliphatic carbocycles. The average Bonchev–Trinajstić information content (AvgIpc) is 3.60. The molecule has 0 bridgehead atoms. The lowest BCUT2D eigenvalue weighted by molar-refractivity contribution is -0.138. The van der Waals surface area contributed by atoms with Crippen LogP contribution in [0.5, 0.6) is 5.75 Å². The van der Waals surface area contributed by atoms with Crippen LogP contribution >= 0.6 is 11.6 Å². The number of likely N-dealkylation sites (N-methyl/N-ethyl adjacent to an activating group) is 1. The molecule has 0 spiro atoms. The van der Waals surface area contributed by atoms with E-state index in [0.717, 1.165) is 12.5 Å². The van der Waals surface area contributed by atoms with Crippen LogP contribution in [0.25, 0.3) is 10.9 Å². The van der Waals surface area contributed by atoms with Gasteiger partial charge in [0.05, 0.1) is 36.5 Å². The molecule has 1 saturated heterocycles. The third-order valence-corrected chi connectivity index (χ3v) is 7.88. The molecule has 46 heavy (non-hydrogen) atoms. The van der Waals surface area contributed by atoms with E-state index in [1.807, 2.05) is 0 Å². The maximum atomic E-state index is 14.7. The predicted octanol–water partition coefficient (Wildman–Crippen LogP) is 2.36. The summed E-state index contributed by atoms with van der Waals surface area (Å²) in [5, 5.41) is 13.5. The molecule has 0 radical (unpaired) electrons. The van der Waals surface area contributed by atoms with E-state index in [2.05, 4.69) is 42.5 Å². The van der Waals surface area contributed by atoms with Gasteiger partial charge in [-0.2, -0.15) is 0 Å². The lowest BCUT2D eigenvalue weighted by Crippen LogP contribution is -2.59. The second-order valence-corrected chi connectivity index (χ2v) is 10.9. The molecule has 15 heteroatoms. The van der Waals surface area contributed by atoms with Crippen LogP contribution in [-0.4, -0.2) is 79.2 Å². The highest BCUT2D eigenvalue weighted by molar-refractivity contribution is 6.31. The minimum atomic E-state index is -1.36. The molecule has 1 aromatic heterocycles. The first-order valence-corrected chi connectivity index (χ1v) is 14.8. The summed E-state index contributed by atoms with van der Waals surface area (Å²) in [5.41, 5.74) is 0.761. The van der Waals surface area contributed by atoms with Gasteiger partial charge < -0.3 is 30.7 Å². The lowest BCUT2D eigenvalue weighted by Gasteiger charge is -2.28. The van der Waals surface area contributed by atoms with E-state index in [-0.39, 0.29) is 24.5 Å². The highest BCUT2D eigenvalue weighted by Gasteiger charge is 2.35. The smallest absolute Gasteiger partial charge is 0.251 e. The molecule has 1 aliphatic heterocycles. The zero-order chi connectivity index (χ0) is 33.4. The fraction of sp³-hybridized carbons (Fsp3) is 0.387. The predicted molar refractivity (Wildman–Crippen MR) is 168 cm³/mol. The normalized spacial score (nSPS) is 16.2. The van der Waals surface area contributed by atoms with E-state index in [4.69, 9.17) is 27.5 Å². The molecule has 2 heterocycles. The monoisotopic (exact) mass is 657 g/mol. The number of terminal acetylenes is 1. The molecular weight excluding hydrogens is 624 g/mol. The van der Waals surface area contributed by atoms with Crippen molar-refractivity contribution in [2.75, 3.05) is 32.6 Å². The second-order valence-electron chi connectivity index (χ2n) is 10.5. The SMILES string of the molecule is C#CCO[C@H](Cc1cc2c(Nc3ccc(F)c(Cl)c3F)ncnc2cc1OC)[C@H](NC(=O)[C@H](C)NC)C(=O)NC(=O)[C@@H]1CCCN1. The Kier molecular flexibility index (Phi) is 11.8. The standard InChI is InChI=1S/C31H34ClF2N7O5/c1-5-11-46-24(27(40-29(42)16(2)35-3)31(44)41-30(43)21-7-6-10-36-21)13-17-12-18-22(14-23(17)45-4)37-15-38-28(18)39-20-9-8-19(33)25(32)26(20)34/h1,8-9,12,14-16,21,24,27,35-36H,6-7,10-11,13H2,2-4H3,(H,40,42)(H,37,38,39)(H,41,43,44)/t16-,21-,24+,27-/m0/s1. The van der Waals surface area contributed by atoms with Gasteiger partial charge in [-0.15, -0.1) is 6.42 Å². The third kappa shape index (κ3) is 8.04. The van der Waals surface area contributed by atoms with E-state index in [1.165, 1.54) is 19.5 Å². The molecule has 4 rings (SSSR count). The van der Waals surface area contributed by atoms with E-state index in [0.29, 0.717) is 35.2 Å². The fourth-order valence-corrected chi connectivity index (χ4v) is 5.07. The zero-order valence-corrected chi connectivity index (χ0v) is 26.1. The molecule has 3 aromatic rings. The van der Waals surface area contributed by atoms with Gasteiger partial charge in [0.15, 0.2) is 5.82 Å². The van der Waals surface area contributed by atoms with Crippen molar-refractivity contribution >= 4 is 51.7 Å². The number of amides is 3. The van der Waals surface area contributed by atoms with Gasteiger partial charge in [-0.25, -0.2) is 18.7 Å². The maximum absolute atomic E-state index is 14.7. The lowest BCUT2D eigenvalue weighted by atomic mass is 9.98. The maximum Gasteiger partial charge on any atom is 0.251 e. The third-order valence-electron chi connectivity index (χ3n) is 7.53. The zero-order valence-electron chi connectivity index (χ0n) is 25.4. The number of carbonyl (C=O) groups is 3. The number of aromatic nitrogens is 2. The number of hydrogen-bond donors (Lipinski definition) is 5. The Balaban J connectivity index is 1.73. The fourth-order valence-electron chi connectivity index (χ4n) is 4.90. The number of anilines is 2. The van der Waals surface area contributed by atoms with Gasteiger partial charge in [0.1, 0.15) is 41.4 Å². The summed E-state index contributed by atoms with van der Waals surface area (Å²) >= 11 is 5.76. The van der Waals surface area contributed by atoms with Crippen LogP contribution in [0.15, 0.2) is 30.6 Å². The molecule has 12 nitrogen and oxygen atoms in total. The summed E-state index contributed by atoms with van der Waals surface area (Å²) in [4.78, 5) is 47.9. The molecule has 4 atom stereocenters. The topological polar surface area (TPSA) is 156 Å². The summed E-state index contributed by atoms with van der Waals surface area (Å²) in [5.74, 6) is -0.873. The largest absolute Gasteiger partial charge is 0.496 e. The van der Waals surface area contributed by atoms with Gasteiger partial charge in [0, 0.05) is 17.9 Å². The number of nitrogens with zero attached hydrogens (tertiary/aromatic N) is 2. The Morgan fingerprint density at radius 3 is 2.67 bits per heavy atom. The Morgan fingerprint density at radius 2 is 2.00 bits per heavy atom. The van der Waals surface area contributed by atoms with Crippen molar-refractivity contribution in [3.05, 3.63) is 52.8 Å².